The molecule has 20 heavy (non-hydrogen) atoms. The third-order valence-electron chi connectivity index (χ3n) is 3.86. The summed E-state index contributed by atoms with van der Waals surface area (Å²) in [6, 6.07) is 9.71. The summed E-state index contributed by atoms with van der Waals surface area (Å²) in [4.78, 5) is 12.2. The number of fused-ring (bicyclic) bond motifs is 1. The van der Waals surface area contributed by atoms with Gasteiger partial charge in [0.05, 0.1) is 12.1 Å². The summed E-state index contributed by atoms with van der Waals surface area (Å²) < 4.78 is 5.78. The molecule has 0 aliphatic carbocycles. The lowest BCUT2D eigenvalue weighted by Crippen LogP contribution is -2.47. The predicted molar refractivity (Wildman–Crippen MR) is 78.4 cm³/mol. The number of carbonyl (C=O) groups excluding carboxylic acids is 1. The molecule has 1 saturated heterocycles. The van der Waals surface area contributed by atoms with Crippen molar-refractivity contribution in [1.82, 2.24) is 10.6 Å². The zero-order valence-electron chi connectivity index (χ0n) is 11.7. The SMILES string of the molecule is CC(NC(=O)[C@@H]1CCCCN1)c1cc2ccccc2o1. The Balaban J connectivity index is 1.68. The Morgan fingerprint density at radius 3 is 3.00 bits per heavy atom. The zero-order valence-corrected chi connectivity index (χ0v) is 11.7. The number of para-hydroxylation sites is 1. The van der Waals surface area contributed by atoms with Crippen molar-refractivity contribution in [3.8, 4) is 0 Å². The van der Waals surface area contributed by atoms with E-state index in [1.807, 2.05) is 37.3 Å². The molecule has 1 aromatic carbocycles. The normalized spacial score (nSPS) is 20.8. The molecule has 0 saturated carbocycles. The van der Waals surface area contributed by atoms with Crippen LogP contribution in [0.4, 0.5) is 0 Å². The first-order chi connectivity index (χ1) is 9.74. The van der Waals surface area contributed by atoms with Gasteiger partial charge in [-0.05, 0) is 38.4 Å². The standard InChI is InChI=1S/C16H20N2O2/c1-11(18-16(19)13-7-4-5-9-17-13)15-10-12-6-2-3-8-14(12)20-15/h2-3,6,8,10-11,13,17H,4-5,7,9H2,1H3,(H,18,19)/t11?,13-/m0/s1. The molecule has 1 amide bonds. The topological polar surface area (TPSA) is 54.3 Å². The Hall–Kier alpha value is -1.81. The molecule has 1 fully saturated rings. The molecule has 3 rings (SSSR count). The van der Waals surface area contributed by atoms with Crippen LogP contribution < -0.4 is 10.6 Å². The van der Waals surface area contributed by atoms with Crippen LogP contribution in [0.3, 0.4) is 0 Å². The number of rotatable bonds is 3. The van der Waals surface area contributed by atoms with Gasteiger partial charge in [-0.25, -0.2) is 0 Å². The van der Waals surface area contributed by atoms with E-state index in [2.05, 4.69) is 10.6 Å². The first kappa shape index (κ1) is 13.2. The molecular weight excluding hydrogens is 252 g/mol. The van der Waals surface area contributed by atoms with Crippen LogP contribution in [0.2, 0.25) is 0 Å². The highest BCUT2D eigenvalue weighted by Gasteiger charge is 2.23. The van der Waals surface area contributed by atoms with Crippen LogP contribution >= 0.6 is 0 Å². The molecule has 0 radical (unpaired) electrons. The Morgan fingerprint density at radius 2 is 2.25 bits per heavy atom. The van der Waals surface area contributed by atoms with E-state index >= 15 is 0 Å². The fraction of sp³-hybridized carbons (Fsp3) is 0.438. The third-order valence-corrected chi connectivity index (χ3v) is 3.86. The minimum atomic E-state index is -0.112. The zero-order chi connectivity index (χ0) is 13.9. The number of furan rings is 1. The van der Waals surface area contributed by atoms with Crippen molar-refractivity contribution in [2.45, 2.75) is 38.3 Å². The van der Waals surface area contributed by atoms with Gasteiger partial charge in [0.25, 0.3) is 0 Å². The number of benzene rings is 1. The predicted octanol–water partition coefficient (Wildman–Crippen LogP) is 2.75. The van der Waals surface area contributed by atoms with Gasteiger partial charge < -0.3 is 15.1 Å². The molecule has 2 aromatic rings. The lowest BCUT2D eigenvalue weighted by Gasteiger charge is -2.24. The lowest BCUT2D eigenvalue weighted by molar-refractivity contribution is -0.124. The number of hydrogen-bond acceptors (Lipinski definition) is 3. The number of piperidine rings is 1. The van der Waals surface area contributed by atoms with Gasteiger partial charge >= 0.3 is 0 Å². The first-order valence-corrected chi connectivity index (χ1v) is 7.26. The summed E-state index contributed by atoms with van der Waals surface area (Å²) in [5.74, 6) is 0.869. The van der Waals surface area contributed by atoms with Gasteiger partial charge in [-0.15, -0.1) is 0 Å². The summed E-state index contributed by atoms with van der Waals surface area (Å²) in [7, 11) is 0. The molecule has 2 N–H and O–H groups in total. The van der Waals surface area contributed by atoms with Crippen LogP contribution in [0, 0.1) is 0 Å². The van der Waals surface area contributed by atoms with Gasteiger partial charge in [0, 0.05) is 5.39 Å². The Kier molecular flexibility index (Phi) is 3.74. The smallest absolute Gasteiger partial charge is 0.237 e. The van der Waals surface area contributed by atoms with E-state index in [0.29, 0.717) is 0 Å². The summed E-state index contributed by atoms with van der Waals surface area (Å²) in [5, 5.41) is 7.36. The third kappa shape index (κ3) is 2.70. The molecule has 1 aliphatic heterocycles. The summed E-state index contributed by atoms with van der Waals surface area (Å²) >= 11 is 0. The minimum Gasteiger partial charge on any atom is -0.459 e. The first-order valence-electron chi connectivity index (χ1n) is 7.26. The van der Waals surface area contributed by atoms with Gasteiger partial charge in [0.2, 0.25) is 5.91 Å². The van der Waals surface area contributed by atoms with Crippen molar-refractivity contribution in [1.29, 1.82) is 0 Å². The fourth-order valence-corrected chi connectivity index (χ4v) is 2.68. The second-order valence-corrected chi connectivity index (χ2v) is 5.42. The molecule has 2 heterocycles. The summed E-state index contributed by atoms with van der Waals surface area (Å²) in [5.41, 5.74) is 0.861. The van der Waals surface area contributed by atoms with E-state index in [1.165, 1.54) is 0 Å². The van der Waals surface area contributed by atoms with Crippen molar-refractivity contribution in [2.24, 2.45) is 0 Å². The van der Waals surface area contributed by atoms with Gasteiger partial charge in [-0.1, -0.05) is 24.6 Å². The summed E-state index contributed by atoms with van der Waals surface area (Å²) in [6.07, 6.45) is 3.19. The molecule has 1 aromatic heterocycles. The van der Waals surface area contributed by atoms with E-state index < -0.39 is 0 Å². The van der Waals surface area contributed by atoms with Crippen LogP contribution in [0.25, 0.3) is 11.0 Å². The summed E-state index contributed by atoms with van der Waals surface area (Å²) in [6.45, 7) is 2.88. The van der Waals surface area contributed by atoms with E-state index in [4.69, 9.17) is 4.42 Å². The lowest BCUT2D eigenvalue weighted by atomic mass is 10.0. The maximum absolute atomic E-state index is 12.2. The minimum absolute atomic E-state index is 0.0596. The van der Waals surface area contributed by atoms with Crippen molar-refractivity contribution in [2.75, 3.05) is 6.54 Å². The quantitative estimate of drug-likeness (QED) is 0.903. The van der Waals surface area contributed by atoms with Crippen molar-refractivity contribution < 1.29 is 9.21 Å². The van der Waals surface area contributed by atoms with Gasteiger partial charge in [0.15, 0.2) is 0 Å². The van der Waals surface area contributed by atoms with E-state index in [9.17, 15) is 4.79 Å². The molecule has 4 heteroatoms. The Bertz CT molecular complexity index is 566. The monoisotopic (exact) mass is 272 g/mol. The van der Waals surface area contributed by atoms with Crippen LogP contribution in [0.15, 0.2) is 34.7 Å². The molecule has 1 aliphatic rings. The molecule has 1 unspecified atom stereocenters. The van der Waals surface area contributed by atoms with Gasteiger partial charge in [0.1, 0.15) is 11.3 Å². The van der Waals surface area contributed by atoms with Crippen molar-refractivity contribution in [3.63, 3.8) is 0 Å². The molecule has 4 nitrogen and oxygen atoms in total. The number of hydrogen-bond donors (Lipinski definition) is 2. The average Bonchev–Trinajstić information content (AvgIpc) is 2.92. The molecule has 0 spiro atoms. The van der Waals surface area contributed by atoms with Gasteiger partial charge in [-0.3, -0.25) is 4.79 Å². The molecular formula is C16H20N2O2. The van der Waals surface area contributed by atoms with Crippen LogP contribution in [0.5, 0.6) is 0 Å². The number of nitrogens with one attached hydrogen (secondary N) is 2. The molecule has 2 atom stereocenters. The highest BCUT2D eigenvalue weighted by Crippen LogP contribution is 2.23. The highest BCUT2D eigenvalue weighted by atomic mass is 16.3. The second-order valence-electron chi connectivity index (χ2n) is 5.42. The number of carbonyl (C=O) groups is 1. The molecule has 0 bridgehead atoms. The molecule has 106 valence electrons. The van der Waals surface area contributed by atoms with Crippen molar-refractivity contribution in [3.05, 3.63) is 36.1 Å². The van der Waals surface area contributed by atoms with Crippen LogP contribution in [-0.4, -0.2) is 18.5 Å². The maximum Gasteiger partial charge on any atom is 0.237 e. The van der Waals surface area contributed by atoms with E-state index in [0.717, 1.165) is 42.5 Å². The van der Waals surface area contributed by atoms with Gasteiger partial charge in [-0.2, -0.15) is 0 Å². The van der Waals surface area contributed by atoms with E-state index in [-0.39, 0.29) is 18.0 Å². The Labute approximate surface area is 118 Å². The number of amides is 1. The fourth-order valence-electron chi connectivity index (χ4n) is 2.68. The largest absolute Gasteiger partial charge is 0.459 e. The Morgan fingerprint density at radius 1 is 1.40 bits per heavy atom. The van der Waals surface area contributed by atoms with E-state index in [1.54, 1.807) is 0 Å². The van der Waals surface area contributed by atoms with Crippen molar-refractivity contribution >= 4 is 16.9 Å². The van der Waals surface area contributed by atoms with Crippen LogP contribution in [-0.2, 0) is 4.79 Å². The van der Waals surface area contributed by atoms with Crippen LogP contribution in [0.1, 0.15) is 38.0 Å². The second kappa shape index (κ2) is 5.67. The maximum atomic E-state index is 12.2. The highest BCUT2D eigenvalue weighted by molar-refractivity contribution is 5.82. The average molecular weight is 272 g/mol.